The predicted molar refractivity (Wildman–Crippen MR) is 453 cm³/mol. The molecule has 14 rings (SSSR count). The molecule has 43 heteroatoms. The summed E-state index contributed by atoms with van der Waals surface area (Å²) in [5.74, 6) is 5.39. The first-order chi connectivity index (χ1) is 59.6. The Kier molecular flexibility index (Phi) is 62.2. The van der Waals surface area contributed by atoms with Gasteiger partial charge in [0.25, 0.3) is 0 Å². The van der Waals surface area contributed by atoms with Crippen molar-refractivity contribution in [1.82, 2.24) is 0 Å². The van der Waals surface area contributed by atoms with Gasteiger partial charge in [0.05, 0.1) is 44.2 Å². The number of carbonyl (C=O) groups is 7. The Balaban J connectivity index is 0.000000730. The number of hydrogen-bond acceptors (Lipinski definition) is 37. The van der Waals surface area contributed by atoms with Gasteiger partial charge in [-0.1, -0.05) is 111 Å². The molecule has 0 aliphatic heterocycles. The van der Waals surface area contributed by atoms with E-state index in [0.717, 1.165) is 137 Å². The maximum atomic E-state index is 12.1. The van der Waals surface area contributed by atoms with Crippen LogP contribution in [0.2, 0.25) is 0 Å². The second kappa shape index (κ2) is 66.4. The van der Waals surface area contributed by atoms with Gasteiger partial charge in [-0.2, -0.15) is 0 Å². The van der Waals surface area contributed by atoms with Gasteiger partial charge < -0.3 is 56.8 Å². The van der Waals surface area contributed by atoms with Crippen molar-refractivity contribution < 1.29 is 166 Å². The van der Waals surface area contributed by atoms with Gasteiger partial charge in [-0.25, -0.2) is 28.8 Å². The van der Waals surface area contributed by atoms with Crippen LogP contribution in [-0.2, 0) is 154 Å². The summed E-state index contributed by atoms with van der Waals surface area (Å²) in [6.45, 7) is 21.3. The molecule has 127 heavy (non-hydrogen) atoms. The highest BCUT2D eigenvalue weighted by Gasteiger charge is 2.54. The molecule has 37 nitrogen and oxygen atoms in total. The highest BCUT2D eigenvalue weighted by atomic mass is 32.2. The molecular formula is C84H142O37S6. The molecule has 736 valence electrons. The normalized spacial score (nSPS) is 25.0. The molecule has 0 N–H and O–H groups in total. The smallest absolute Gasteiger partial charge is 0.425 e. The number of Topliss-reactive ketones (excluding diaryl/α,β-unsaturated/α-hetero) is 1. The minimum atomic E-state index is -3.11. The van der Waals surface area contributed by atoms with E-state index < -0.39 is 69.3 Å². The zero-order chi connectivity index (χ0) is 95.7. The quantitative estimate of drug-likeness (QED) is 0.0573. The first-order valence-electron chi connectivity index (χ1n) is 44.4. The molecule has 14 aliphatic carbocycles. The molecule has 0 radical (unpaired) electrons. The van der Waals surface area contributed by atoms with Crippen LogP contribution >= 0.6 is 0 Å². The molecule has 14 aliphatic rings. The van der Waals surface area contributed by atoms with Crippen LogP contribution in [0.15, 0.2) is 0 Å². The number of ketones is 1. The standard InChI is InChI=1S/C19H30O3.C17H28O3.C15H24O4.C14H24O3.C11H20O3.C8H16O3.6O3S/c20-18(12-21-17-4-2-1-3-5-17)22-13-19-9-14-6-15(10-19)8-16(7-14)11-19;1-16(2,3)11-19-10-15(18)20-17-7-12-4-13(8-17)6-14(5-12)9-17;1-11(16)9-18-10-15(17)19-14-7-6-12-4-2-3-5-13(12)8-14;15-14(17-13-9-5-2-6-10-13)11-16-12-7-3-1-4-8-12;1-11(2,3)14-10(12)8-13-9-6-4-5-7-9;1-4-5-10-8(9)6-11-7(2)3;6*1-4(2)3/h14-17H,1-13H2;12-14H,4-11H2,1-3H3;12-14H,2-10H2,1H3;12-13H,1-11H2;9H,4-8H2,1-3H3;7H,4-6H2,1-3H3;;;;;;. The lowest BCUT2D eigenvalue weighted by Gasteiger charge is -2.56. The summed E-state index contributed by atoms with van der Waals surface area (Å²) in [4.78, 5) is 80.0. The Morgan fingerprint density at radius 1 is 0.346 bits per heavy atom. The highest BCUT2D eigenvalue weighted by Crippen LogP contribution is 2.60. The molecule has 14 saturated carbocycles. The third kappa shape index (κ3) is 65.2. The average Bonchev–Trinajstić information content (AvgIpc) is 1.09. The van der Waals surface area contributed by atoms with Gasteiger partial charge in [0.1, 0.15) is 69.7 Å². The molecule has 0 aromatic carbocycles. The minimum absolute atomic E-state index is 0.00946. The third-order valence-corrected chi connectivity index (χ3v) is 23.1. The Hall–Kier alpha value is -6.03. The first-order valence-corrected chi connectivity index (χ1v) is 50.4. The lowest BCUT2D eigenvalue weighted by atomic mass is 9.50. The van der Waals surface area contributed by atoms with Crippen molar-refractivity contribution in [2.24, 2.45) is 58.2 Å². The van der Waals surface area contributed by atoms with E-state index in [1.54, 1.807) is 0 Å². The Labute approximate surface area is 758 Å². The van der Waals surface area contributed by atoms with E-state index in [9.17, 15) is 33.6 Å². The third-order valence-electron chi connectivity index (χ3n) is 23.1. The lowest BCUT2D eigenvalue weighted by Crippen LogP contribution is -2.53. The summed E-state index contributed by atoms with van der Waals surface area (Å²) >= 11 is 0. The van der Waals surface area contributed by atoms with Crippen molar-refractivity contribution in [3.63, 3.8) is 0 Å². The van der Waals surface area contributed by atoms with Crippen molar-refractivity contribution in [3.05, 3.63) is 0 Å². The van der Waals surface area contributed by atoms with Crippen LogP contribution in [-0.4, -0.2) is 231 Å². The van der Waals surface area contributed by atoms with E-state index in [-0.39, 0.29) is 123 Å². The predicted octanol–water partition coefficient (Wildman–Crippen LogP) is 11.0. The Morgan fingerprint density at radius 3 is 1.07 bits per heavy atom. The van der Waals surface area contributed by atoms with Crippen LogP contribution in [0, 0.1) is 58.2 Å². The zero-order valence-electron chi connectivity index (χ0n) is 75.8. The van der Waals surface area contributed by atoms with E-state index in [1.807, 2.05) is 41.5 Å². The first kappa shape index (κ1) is 119. The maximum Gasteiger partial charge on any atom is 0.425 e. The molecule has 0 aromatic rings. The zero-order valence-corrected chi connectivity index (χ0v) is 80.7. The summed E-state index contributed by atoms with van der Waals surface area (Å²) in [6, 6.07) is 0. The van der Waals surface area contributed by atoms with Crippen LogP contribution in [0.3, 0.4) is 0 Å². The molecule has 3 atom stereocenters. The van der Waals surface area contributed by atoms with Gasteiger partial charge in [0.15, 0.2) is 5.78 Å². The Morgan fingerprint density at radius 2 is 0.685 bits per heavy atom. The molecule has 0 saturated heterocycles. The van der Waals surface area contributed by atoms with Gasteiger partial charge >= 0.3 is 99.5 Å². The summed E-state index contributed by atoms with van der Waals surface area (Å²) in [5, 5.41) is 0. The van der Waals surface area contributed by atoms with Gasteiger partial charge in [0, 0.05) is 5.41 Å². The molecule has 0 heterocycles. The Bertz CT molecular complexity index is 3620. The largest absolute Gasteiger partial charge is 0.464 e. The van der Waals surface area contributed by atoms with Crippen molar-refractivity contribution in [3.8, 4) is 0 Å². The van der Waals surface area contributed by atoms with Crippen molar-refractivity contribution in [2.75, 3.05) is 66.1 Å². The van der Waals surface area contributed by atoms with Gasteiger partial charge in [-0.05, 0) is 261 Å². The van der Waals surface area contributed by atoms with Crippen molar-refractivity contribution in [2.45, 2.75) is 367 Å². The second-order valence-electron chi connectivity index (χ2n) is 37.1. The maximum absolute atomic E-state index is 12.1. The minimum Gasteiger partial charge on any atom is -0.464 e. The summed E-state index contributed by atoms with van der Waals surface area (Å²) in [6.07, 6.45) is 48.6. The van der Waals surface area contributed by atoms with Gasteiger partial charge in [-0.3, -0.25) is 4.79 Å². The molecule has 3 unspecified atom stereocenters. The fourth-order valence-electron chi connectivity index (χ4n) is 19.4. The number of fused-ring (bicyclic) bond motifs is 1. The fraction of sp³-hybridized carbons (Fsp3) is 0.917. The molecular weight excluding hydrogens is 1790 g/mol. The number of rotatable bonds is 26. The van der Waals surface area contributed by atoms with E-state index >= 15 is 0 Å². The van der Waals surface area contributed by atoms with Gasteiger partial charge in [-0.15, -0.1) is 75.8 Å². The molecule has 0 amide bonds. The average molecular weight is 1940 g/mol. The fourth-order valence-corrected chi connectivity index (χ4v) is 19.4. The monoisotopic (exact) mass is 1930 g/mol. The van der Waals surface area contributed by atoms with E-state index in [2.05, 4.69) is 20.8 Å². The highest BCUT2D eigenvalue weighted by molar-refractivity contribution is 7.59. The summed E-state index contributed by atoms with van der Waals surface area (Å²) < 4.78 is 217. The number of esters is 6. The lowest BCUT2D eigenvalue weighted by molar-refractivity contribution is -0.191. The van der Waals surface area contributed by atoms with Gasteiger partial charge in [0.2, 0.25) is 0 Å². The molecule has 0 aromatic heterocycles. The molecule has 8 bridgehead atoms. The number of hydrogen-bond donors (Lipinski definition) is 0. The van der Waals surface area contributed by atoms with E-state index in [4.69, 9.17) is 133 Å². The van der Waals surface area contributed by atoms with Crippen LogP contribution < -0.4 is 0 Å². The van der Waals surface area contributed by atoms with Crippen molar-refractivity contribution in [1.29, 1.82) is 0 Å². The second-order valence-corrected chi connectivity index (χ2v) is 39.6. The van der Waals surface area contributed by atoms with Crippen LogP contribution in [0.1, 0.15) is 320 Å². The number of ether oxygens (including phenoxy) is 12. The molecule has 14 fully saturated rings. The topological polar surface area (TPSA) is 538 Å². The number of carbonyl (C=O) groups excluding carboxylic acids is 7. The van der Waals surface area contributed by atoms with Crippen molar-refractivity contribution >= 4 is 105 Å². The van der Waals surface area contributed by atoms with E-state index in [1.165, 1.54) is 167 Å². The van der Waals surface area contributed by atoms with Crippen LogP contribution in [0.5, 0.6) is 0 Å². The molecule has 0 spiro atoms. The van der Waals surface area contributed by atoms with E-state index in [0.29, 0.717) is 37.4 Å². The SMILES string of the molecule is CC(=O)COCC(=O)OC1CCC2CCCCC2C1.CC(C)(C)COCC(=O)OC12CC3CC(CC(C3)C1)C2.CC(C)(C)OC(=O)COC1CCCC1.CCCOC(=O)COC(C)C.O=C(COC1CCCCC1)OC1CCCCC1.O=C(COC1CCCCC1)OCC12CC3CC(CC(C3)C1)C2.O=S(=O)=O.O=S(=O)=O.O=S(=O)=O.O=S(=O)=O.O=S(=O)=O.O=S(=O)=O. The van der Waals surface area contributed by atoms with Crippen LogP contribution in [0.4, 0.5) is 0 Å². The van der Waals surface area contributed by atoms with Crippen LogP contribution in [0.25, 0.3) is 0 Å². The summed E-state index contributed by atoms with van der Waals surface area (Å²) in [7, 11) is -18.7. The summed E-state index contributed by atoms with van der Waals surface area (Å²) in [5.41, 5.74) is -0.108.